The molecule has 3 rings (SSSR count). The molecule has 3 aromatic heterocycles. The number of nitrogens with one attached hydrogen (secondary N) is 1. The highest BCUT2D eigenvalue weighted by atomic mass is 19.4. The van der Waals surface area contributed by atoms with E-state index in [2.05, 4.69) is 19.9 Å². The Labute approximate surface area is 152 Å². The van der Waals surface area contributed by atoms with Crippen molar-refractivity contribution in [3.63, 3.8) is 0 Å². The number of aromatic nitrogens is 4. The molecule has 3 aromatic rings. The maximum Gasteiger partial charge on any atom is 0.412 e. The molecule has 3 heterocycles. The zero-order valence-corrected chi connectivity index (χ0v) is 14.1. The summed E-state index contributed by atoms with van der Waals surface area (Å²) < 4.78 is 40.2. The second-order valence-electron chi connectivity index (χ2n) is 5.67. The molecule has 0 fully saturated rings. The molecule has 0 aromatic carbocycles. The van der Waals surface area contributed by atoms with Crippen molar-refractivity contribution in [2.24, 2.45) is 0 Å². The molecule has 1 atom stereocenters. The first-order valence-corrected chi connectivity index (χ1v) is 7.88. The minimum atomic E-state index is -4.68. The Hall–Kier alpha value is -3.36. The van der Waals surface area contributed by atoms with Gasteiger partial charge in [-0.1, -0.05) is 6.07 Å². The van der Waals surface area contributed by atoms with E-state index < -0.39 is 18.1 Å². The van der Waals surface area contributed by atoms with Crippen LogP contribution in [0.2, 0.25) is 0 Å². The number of halogens is 3. The minimum Gasteiger partial charge on any atom is -0.337 e. The number of pyridine rings is 2. The quantitative estimate of drug-likeness (QED) is 0.759. The summed E-state index contributed by atoms with van der Waals surface area (Å²) in [6, 6.07) is 3.88. The Bertz CT molecular complexity index is 933. The highest BCUT2D eigenvalue weighted by molar-refractivity contribution is 5.95. The van der Waals surface area contributed by atoms with E-state index in [9.17, 15) is 18.0 Å². The summed E-state index contributed by atoms with van der Waals surface area (Å²) in [6.07, 6.45) is 2.09. The average Bonchev–Trinajstić information content (AvgIpc) is 2.66. The molecular weight excluding hydrogens is 359 g/mol. The van der Waals surface area contributed by atoms with E-state index in [-0.39, 0.29) is 16.8 Å². The maximum atomic E-state index is 13.4. The first-order valence-electron chi connectivity index (χ1n) is 7.88. The summed E-state index contributed by atoms with van der Waals surface area (Å²) in [6.45, 7) is 1.53. The molecule has 0 aliphatic rings. The first-order chi connectivity index (χ1) is 12.9. The summed E-state index contributed by atoms with van der Waals surface area (Å²) >= 11 is 0. The van der Waals surface area contributed by atoms with E-state index in [0.29, 0.717) is 11.4 Å². The molecule has 9 heteroatoms. The molecule has 0 unspecified atom stereocenters. The fraction of sp³-hybridized carbons (Fsp3) is 0.167. The molecule has 6 nitrogen and oxygen atoms in total. The van der Waals surface area contributed by atoms with Crippen LogP contribution < -0.4 is 5.32 Å². The molecule has 27 heavy (non-hydrogen) atoms. The fourth-order valence-electron chi connectivity index (χ4n) is 2.43. The fourth-order valence-corrected chi connectivity index (χ4v) is 2.43. The summed E-state index contributed by atoms with van der Waals surface area (Å²) in [5, 5.41) is 1.99. The highest BCUT2D eigenvalue weighted by Gasteiger charge is 2.42. The number of nitrogens with zero attached hydrogens (tertiary/aromatic N) is 4. The van der Waals surface area contributed by atoms with Gasteiger partial charge in [0.25, 0.3) is 5.91 Å². The third kappa shape index (κ3) is 4.25. The van der Waals surface area contributed by atoms with Crippen LogP contribution in [-0.4, -0.2) is 32.0 Å². The predicted octanol–water partition coefficient (Wildman–Crippen LogP) is 3.28. The van der Waals surface area contributed by atoms with E-state index in [1.165, 1.54) is 31.5 Å². The summed E-state index contributed by atoms with van der Waals surface area (Å²) in [7, 11) is 0. The molecule has 0 saturated carbocycles. The molecule has 1 amide bonds. The number of carbonyl (C=O) groups excluding carboxylic acids is 1. The topological polar surface area (TPSA) is 80.7 Å². The lowest BCUT2D eigenvalue weighted by Gasteiger charge is -2.22. The molecule has 0 aliphatic heterocycles. The van der Waals surface area contributed by atoms with Gasteiger partial charge in [-0.2, -0.15) is 13.2 Å². The van der Waals surface area contributed by atoms with E-state index in [1.807, 2.05) is 5.32 Å². The van der Waals surface area contributed by atoms with Crippen LogP contribution in [0, 0.1) is 6.92 Å². The lowest BCUT2D eigenvalue weighted by molar-refractivity contribution is -0.155. The van der Waals surface area contributed by atoms with Gasteiger partial charge >= 0.3 is 6.18 Å². The Balaban J connectivity index is 1.87. The number of aryl methyl sites for hydroxylation is 1. The molecule has 0 bridgehead atoms. The number of carbonyl (C=O) groups is 1. The normalized spacial score (nSPS) is 12.4. The lowest BCUT2D eigenvalue weighted by Crippen LogP contribution is -2.38. The minimum absolute atomic E-state index is 0.0409. The molecule has 138 valence electrons. The molecule has 0 saturated heterocycles. The van der Waals surface area contributed by atoms with Crippen molar-refractivity contribution in [3.05, 3.63) is 72.1 Å². The van der Waals surface area contributed by atoms with Crippen molar-refractivity contribution in [2.75, 3.05) is 0 Å². The second-order valence-corrected chi connectivity index (χ2v) is 5.67. The van der Waals surface area contributed by atoms with Crippen molar-refractivity contribution < 1.29 is 18.0 Å². The third-order valence-electron chi connectivity index (χ3n) is 3.76. The average molecular weight is 373 g/mol. The monoisotopic (exact) mass is 373 g/mol. The summed E-state index contributed by atoms with van der Waals surface area (Å²) in [5.41, 5.74) is 0.689. The lowest BCUT2D eigenvalue weighted by atomic mass is 10.1. The number of hydrogen-bond acceptors (Lipinski definition) is 5. The van der Waals surface area contributed by atoms with Gasteiger partial charge in [0.05, 0.1) is 11.3 Å². The molecule has 0 radical (unpaired) electrons. The van der Waals surface area contributed by atoms with Crippen LogP contribution in [0.25, 0.3) is 11.4 Å². The largest absolute Gasteiger partial charge is 0.412 e. The third-order valence-corrected chi connectivity index (χ3v) is 3.76. The smallest absolute Gasteiger partial charge is 0.337 e. The van der Waals surface area contributed by atoms with Gasteiger partial charge in [0.15, 0.2) is 11.9 Å². The molecular formula is C18H14F3N5O. The van der Waals surface area contributed by atoms with Crippen molar-refractivity contribution in [2.45, 2.75) is 19.1 Å². The van der Waals surface area contributed by atoms with Crippen molar-refractivity contribution in [1.29, 1.82) is 0 Å². The van der Waals surface area contributed by atoms with Gasteiger partial charge in [-0.25, -0.2) is 9.97 Å². The van der Waals surface area contributed by atoms with Crippen LogP contribution in [0.1, 0.15) is 27.7 Å². The molecule has 1 N–H and O–H groups in total. The zero-order chi connectivity index (χ0) is 19.4. The first kappa shape index (κ1) is 18.4. The van der Waals surface area contributed by atoms with Gasteiger partial charge in [-0.05, 0) is 25.1 Å². The van der Waals surface area contributed by atoms with Gasteiger partial charge < -0.3 is 5.32 Å². The van der Waals surface area contributed by atoms with Gasteiger partial charge in [-0.15, -0.1) is 0 Å². The number of rotatable bonds is 4. The predicted molar refractivity (Wildman–Crippen MR) is 90.5 cm³/mol. The van der Waals surface area contributed by atoms with Gasteiger partial charge in [-0.3, -0.25) is 14.8 Å². The van der Waals surface area contributed by atoms with Crippen LogP contribution in [0.4, 0.5) is 13.2 Å². The number of hydrogen-bond donors (Lipinski definition) is 1. The Morgan fingerprint density at radius 2 is 1.78 bits per heavy atom. The standard InChI is InChI=1S/C18H14F3N5O/c1-11-14(10-24-16(25-11)13-5-3-7-23-9-13)17(27)26-15(18(19,20)21)12-4-2-6-22-8-12/h2-10,15H,1H3,(H,26,27)/t15-/m0/s1. The van der Waals surface area contributed by atoms with Crippen LogP contribution in [0.5, 0.6) is 0 Å². The van der Waals surface area contributed by atoms with E-state index in [1.54, 1.807) is 24.5 Å². The van der Waals surface area contributed by atoms with Crippen LogP contribution in [0.15, 0.2) is 55.2 Å². The summed E-state index contributed by atoms with van der Waals surface area (Å²) in [5.74, 6) is -0.590. The Morgan fingerprint density at radius 3 is 2.33 bits per heavy atom. The van der Waals surface area contributed by atoms with Crippen LogP contribution >= 0.6 is 0 Å². The number of amides is 1. The van der Waals surface area contributed by atoms with Crippen molar-refractivity contribution >= 4 is 5.91 Å². The van der Waals surface area contributed by atoms with Gasteiger partial charge in [0, 0.05) is 42.1 Å². The Kier molecular flexibility index (Phi) is 5.11. The van der Waals surface area contributed by atoms with Crippen molar-refractivity contribution in [1.82, 2.24) is 25.3 Å². The van der Waals surface area contributed by atoms with E-state index >= 15 is 0 Å². The van der Waals surface area contributed by atoms with Gasteiger partial charge in [0.2, 0.25) is 0 Å². The van der Waals surface area contributed by atoms with E-state index in [0.717, 1.165) is 6.20 Å². The number of alkyl halides is 3. The van der Waals surface area contributed by atoms with Crippen molar-refractivity contribution in [3.8, 4) is 11.4 Å². The SMILES string of the molecule is Cc1nc(-c2cccnc2)ncc1C(=O)N[C@@H](c1cccnc1)C(F)(F)F. The second kappa shape index (κ2) is 7.48. The van der Waals surface area contributed by atoms with E-state index in [4.69, 9.17) is 0 Å². The zero-order valence-electron chi connectivity index (χ0n) is 14.1. The van der Waals surface area contributed by atoms with Crippen LogP contribution in [0.3, 0.4) is 0 Å². The Morgan fingerprint density at radius 1 is 1.07 bits per heavy atom. The maximum absolute atomic E-state index is 13.4. The van der Waals surface area contributed by atoms with Gasteiger partial charge in [0.1, 0.15) is 0 Å². The molecule has 0 spiro atoms. The van der Waals surface area contributed by atoms with Crippen LogP contribution in [-0.2, 0) is 0 Å². The summed E-state index contributed by atoms with van der Waals surface area (Å²) in [4.78, 5) is 28.3. The highest BCUT2D eigenvalue weighted by Crippen LogP contribution is 2.32. The molecule has 0 aliphatic carbocycles.